The molecule has 0 unspecified atom stereocenters. The van der Waals surface area contributed by atoms with Crippen LogP contribution in [0.25, 0.3) is 10.9 Å². The second-order valence-corrected chi connectivity index (χ2v) is 5.04. The van der Waals surface area contributed by atoms with E-state index >= 15 is 0 Å². The average molecular weight is 257 g/mol. The van der Waals surface area contributed by atoms with Crippen LogP contribution in [0.15, 0.2) is 24.3 Å². The molecule has 1 N–H and O–H groups in total. The molecule has 0 aliphatic carbocycles. The Bertz CT molecular complexity index is 561. The van der Waals surface area contributed by atoms with Gasteiger partial charge in [0.05, 0.1) is 5.52 Å². The van der Waals surface area contributed by atoms with Crippen LogP contribution in [0.3, 0.4) is 0 Å². The summed E-state index contributed by atoms with van der Waals surface area (Å²) in [4.78, 5) is 6.83. The lowest BCUT2D eigenvalue weighted by Crippen LogP contribution is -2.09. The van der Waals surface area contributed by atoms with Gasteiger partial charge in [-0.25, -0.2) is 0 Å². The number of hydrogen-bond donors (Lipinski definition) is 1. The zero-order valence-corrected chi connectivity index (χ0v) is 12.3. The lowest BCUT2D eigenvalue weighted by molar-refractivity contribution is 0.977. The van der Waals surface area contributed by atoms with E-state index in [0.717, 1.165) is 30.6 Å². The number of aryl methyl sites for hydroxylation is 1. The first kappa shape index (κ1) is 13.7. The van der Waals surface area contributed by atoms with Crippen LogP contribution >= 0.6 is 0 Å². The van der Waals surface area contributed by atoms with Gasteiger partial charge in [-0.3, -0.25) is 4.98 Å². The highest BCUT2D eigenvalue weighted by molar-refractivity contribution is 5.93. The topological polar surface area (TPSA) is 28.2 Å². The Kier molecular flexibility index (Phi) is 4.25. The summed E-state index contributed by atoms with van der Waals surface area (Å²) in [6.45, 7) is 5.32. The summed E-state index contributed by atoms with van der Waals surface area (Å²) in [5, 5.41) is 4.73. The van der Waals surface area contributed by atoms with Crippen molar-refractivity contribution in [3.63, 3.8) is 0 Å². The molecule has 0 saturated heterocycles. The number of pyridine rings is 1. The van der Waals surface area contributed by atoms with Gasteiger partial charge in [-0.2, -0.15) is 0 Å². The minimum absolute atomic E-state index is 0.964. The zero-order valence-electron chi connectivity index (χ0n) is 12.3. The molecule has 0 spiro atoms. The molecule has 3 heteroatoms. The third-order valence-corrected chi connectivity index (χ3v) is 3.29. The number of hydrogen-bond acceptors (Lipinski definition) is 3. The number of nitrogens with one attached hydrogen (secondary N) is 1. The standard InChI is InChI=1S/C16H23N3/c1-5-9-17-16-10-12(6-2)18-15-8-7-13(19(3)4)11-14(15)16/h7-8,10-11H,5-6,9H2,1-4H3,(H,17,18). The largest absolute Gasteiger partial charge is 0.384 e. The van der Waals surface area contributed by atoms with E-state index in [0.29, 0.717) is 0 Å². The third-order valence-electron chi connectivity index (χ3n) is 3.29. The molecule has 0 saturated carbocycles. The monoisotopic (exact) mass is 257 g/mol. The van der Waals surface area contributed by atoms with Crippen molar-refractivity contribution in [2.75, 3.05) is 30.9 Å². The third kappa shape index (κ3) is 2.98. The molecule has 3 nitrogen and oxygen atoms in total. The Hall–Kier alpha value is -1.77. The lowest BCUT2D eigenvalue weighted by Gasteiger charge is -2.16. The Morgan fingerprint density at radius 1 is 1.16 bits per heavy atom. The van der Waals surface area contributed by atoms with Gasteiger partial charge in [-0.15, -0.1) is 0 Å². The van der Waals surface area contributed by atoms with E-state index in [-0.39, 0.29) is 0 Å². The maximum Gasteiger partial charge on any atom is 0.0727 e. The summed E-state index contributed by atoms with van der Waals surface area (Å²) in [5.74, 6) is 0. The van der Waals surface area contributed by atoms with Gasteiger partial charge in [0.25, 0.3) is 0 Å². The van der Waals surface area contributed by atoms with Gasteiger partial charge in [-0.05, 0) is 37.1 Å². The first-order chi connectivity index (χ1) is 9.15. The van der Waals surface area contributed by atoms with Crippen LogP contribution in [-0.4, -0.2) is 25.6 Å². The highest BCUT2D eigenvalue weighted by Crippen LogP contribution is 2.27. The molecule has 0 aliphatic heterocycles. The minimum atomic E-state index is 0.964. The Labute approximate surface area is 115 Å². The molecule has 0 atom stereocenters. The van der Waals surface area contributed by atoms with E-state index in [9.17, 15) is 0 Å². The normalized spacial score (nSPS) is 10.7. The van der Waals surface area contributed by atoms with Gasteiger partial charge >= 0.3 is 0 Å². The number of nitrogens with zero attached hydrogens (tertiary/aromatic N) is 2. The molecular weight excluding hydrogens is 234 g/mol. The van der Waals surface area contributed by atoms with Crippen molar-refractivity contribution in [1.29, 1.82) is 0 Å². The van der Waals surface area contributed by atoms with Crippen LogP contribution in [0.2, 0.25) is 0 Å². The van der Waals surface area contributed by atoms with Crippen LogP contribution < -0.4 is 10.2 Å². The van der Waals surface area contributed by atoms with Gasteiger partial charge in [-0.1, -0.05) is 13.8 Å². The summed E-state index contributed by atoms with van der Waals surface area (Å²) in [7, 11) is 4.13. The van der Waals surface area contributed by atoms with Crippen LogP contribution in [0.1, 0.15) is 26.0 Å². The molecule has 1 heterocycles. The van der Waals surface area contributed by atoms with Gasteiger partial charge in [0.1, 0.15) is 0 Å². The molecule has 0 aliphatic rings. The Morgan fingerprint density at radius 2 is 1.95 bits per heavy atom. The van der Waals surface area contributed by atoms with E-state index in [1.54, 1.807) is 0 Å². The van der Waals surface area contributed by atoms with E-state index in [1.807, 2.05) is 0 Å². The summed E-state index contributed by atoms with van der Waals surface area (Å²) in [6.07, 6.45) is 2.09. The lowest BCUT2D eigenvalue weighted by atomic mass is 10.1. The highest BCUT2D eigenvalue weighted by Gasteiger charge is 2.06. The molecule has 1 aromatic carbocycles. The number of aromatic nitrogens is 1. The summed E-state index contributed by atoms with van der Waals surface area (Å²) >= 11 is 0. The minimum Gasteiger partial charge on any atom is -0.384 e. The number of benzene rings is 1. The van der Waals surface area contributed by atoms with Crippen molar-refractivity contribution in [2.45, 2.75) is 26.7 Å². The van der Waals surface area contributed by atoms with Crippen LogP contribution in [0.4, 0.5) is 11.4 Å². The number of rotatable bonds is 5. The number of fused-ring (bicyclic) bond motifs is 1. The number of anilines is 2. The average Bonchev–Trinajstić information content (AvgIpc) is 2.43. The van der Waals surface area contributed by atoms with E-state index < -0.39 is 0 Å². The molecule has 1 aromatic heterocycles. The van der Waals surface area contributed by atoms with Crippen LogP contribution in [-0.2, 0) is 6.42 Å². The first-order valence-corrected chi connectivity index (χ1v) is 7.00. The first-order valence-electron chi connectivity index (χ1n) is 7.00. The summed E-state index contributed by atoms with van der Waals surface area (Å²) in [6, 6.07) is 8.62. The van der Waals surface area contributed by atoms with Crippen molar-refractivity contribution in [3.8, 4) is 0 Å². The van der Waals surface area contributed by atoms with Crippen molar-refractivity contribution in [3.05, 3.63) is 30.0 Å². The van der Waals surface area contributed by atoms with Crippen molar-refractivity contribution < 1.29 is 0 Å². The quantitative estimate of drug-likeness (QED) is 0.885. The van der Waals surface area contributed by atoms with Crippen LogP contribution in [0.5, 0.6) is 0 Å². The molecule has 0 fully saturated rings. The van der Waals surface area contributed by atoms with Gasteiger partial charge in [0, 0.05) is 43.1 Å². The Morgan fingerprint density at radius 3 is 2.58 bits per heavy atom. The van der Waals surface area contributed by atoms with Gasteiger partial charge in [0.2, 0.25) is 0 Å². The molecule has 19 heavy (non-hydrogen) atoms. The van der Waals surface area contributed by atoms with E-state index in [2.05, 4.69) is 62.4 Å². The smallest absolute Gasteiger partial charge is 0.0727 e. The van der Waals surface area contributed by atoms with Crippen LogP contribution in [0, 0.1) is 0 Å². The zero-order chi connectivity index (χ0) is 13.8. The van der Waals surface area contributed by atoms with Gasteiger partial charge < -0.3 is 10.2 Å². The second kappa shape index (κ2) is 5.91. The summed E-state index contributed by atoms with van der Waals surface area (Å²) < 4.78 is 0. The molecule has 2 rings (SSSR count). The van der Waals surface area contributed by atoms with Crippen molar-refractivity contribution >= 4 is 22.3 Å². The predicted octanol–water partition coefficient (Wildman–Crippen LogP) is 3.69. The maximum atomic E-state index is 4.70. The van der Waals surface area contributed by atoms with Gasteiger partial charge in [0.15, 0.2) is 0 Å². The molecule has 2 aromatic rings. The van der Waals surface area contributed by atoms with Crippen molar-refractivity contribution in [2.24, 2.45) is 0 Å². The molecular formula is C16H23N3. The Balaban J connectivity index is 2.55. The molecule has 0 amide bonds. The van der Waals surface area contributed by atoms with Crippen molar-refractivity contribution in [1.82, 2.24) is 4.98 Å². The fourth-order valence-electron chi connectivity index (χ4n) is 2.13. The summed E-state index contributed by atoms with van der Waals surface area (Å²) in [5.41, 5.74) is 4.62. The molecule has 102 valence electrons. The van der Waals surface area contributed by atoms with E-state index in [4.69, 9.17) is 4.98 Å². The molecule has 0 radical (unpaired) electrons. The fourth-order valence-corrected chi connectivity index (χ4v) is 2.13. The maximum absolute atomic E-state index is 4.70. The fraction of sp³-hybridized carbons (Fsp3) is 0.438. The highest BCUT2D eigenvalue weighted by atomic mass is 15.1. The van der Waals surface area contributed by atoms with E-state index in [1.165, 1.54) is 16.8 Å². The predicted molar refractivity (Wildman–Crippen MR) is 84.2 cm³/mol. The molecule has 0 bridgehead atoms. The second-order valence-electron chi connectivity index (χ2n) is 5.04. The SMILES string of the molecule is CCCNc1cc(CC)nc2ccc(N(C)C)cc12.